The van der Waals surface area contributed by atoms with Gasteiger partial charge in [-0.1, -0.05) is 96.3 Å². The molecule has 0 aromatic heterocycles. The van der Waals surface area contributed by atoms with Crippen LogP contribution in [0.15, 0.2) is 24.3 Å². The van der Waals surface area contributed by atoms with Crippen LogP contribution in [-0.2, 0) is 23.9 Å². The van der Waals surface area contributed by atoms with Crippen molar-refractivity contribution in [2.45, 2.75) is 142 Å². The lowest BCUT2D eigenvalue weighted by molar-refractivity contribution is -0.147. The van der Waals surface area contributed by atoms with E-state index >= 15 is 0 Å². The molecule has 0 saturated carbocycles. The highest BCUT2D eigenvalue weighted by Crippen LogP contribution is 2.14. The Kier molecular flexibility index (Phi) is 25.7. The number of carbonyl (C=O) groups is 4. The van der Waals surface area contributed by atoms with Crippen molar-refractivity contribution in [3.05, 3.63) is 24.3 Å². The molecule has 0 bridgehead atoms. The van der Waals surface area contributed by atoms with Gasteiger partial charge in [-0.15, -0.1) is 0 Å². The molecule has 0 rings (SSSR count). The van der Waals surface area contributed by atoms with Crippen LogP contribution in [0.3, 0.4) is 0 Å². The van der Waals surface area contributed by atoms with Crippen LogP contribution in [0.5, 0.6) is 0 Å². The molecule has 9 nitrogen and oxygen atoms in total. The van der Waals surface area contributed by atoms with E-state index in [1.54, 1.807) is 0 Å². The molecular formula is C32H56N2O7. The number of carboxylic acids is 1. The summed E-state index contributed by atoms with van der Waals surface area (Å²) in [6.07, 6.45) is 25.2. The lowest BCUT2D eigenvalue weighted by atomic mass is 10.1. The monoisotopic (exact) mass is 580 g/mol. The standard InChI is InChI=1S/C32H56N2O7/c1-3-5-7-9-11-13-17-21-27(41-31(38)24-20-14-12-10-8-6-4-2)22-18-15-16-19-23-29(36)33-25-30(37)34-28(26-35)32(39)40/h9,11,17,21,27-28,35H,3-8,10,12-16,18-20,22-26H2,1-2H3,(H,33,36)(H,34,37)(H,39,40)/b11-9-,21-17-. The zero-order valence-corrected chi connectivity index (χ0v) is 25.5. The number of hydrogen-bond donors (Lipinski definition) is 4. The topological polar surface area (TPSA) is 142 Å². The van der Waals surface area contributed by atoms with E-state index in [4.69, 9.17) is 14.9 Å². The molecule has 0 aliphatic rings. The van der Waals surface area contributed by atoms with Gasteiger partial charge in [0.2, 0.25) is 11.8 Å². The Labute approximate surface area is 247 Å². The van der Waals surface area contributed by atoms with E-state index in [0.717, 1.165) is 51.4 Å². The van der Waals surface area contributed by atoms with E-state index in [9.17, 15) is 19.2 Å². The Hall–Kier alpha value is -2.68. The van der Waals surface area contributed by atoms with Crippen LogP contribution in [0.1, 0.15) is 129 Å². The number of carboxylic acid groups (broad SMARTS) is 1. The third kappa shape index (κ3) is 24.8. The Bertz CT molecular complexity index is 767. The van der Waals surface area contributed by atoms with Crippen LogP contribution < -0.4 is 10.6 Å². The van der Waals surface area contributed by atoms with Crippen molar-refractivity contribution in [1.29, 1.82) is 0 Å². The summed E-state index contributed by atoms with van der Waals surface area (Å²) >= 11 is 0. The van der Waals surface area contributed by atoms with Gasteiger partial charge in [0.15, 0.2) is 0 Å². The quantitative estimate of drug-likeness (QED) is 0.0550. The second kappa shape index (κ2) is 27.5. The average molecular weight is 581 g/mol. The van der Waals surface area contributed by atoms with Crippen molar-refractivity contribution in [2.24, 2.45) is 0 Å². The molecule has 4 N–H and O–H groups in total. The minimum absolute atomic E-state index is 0.138. The Morgan fingerprint density at radius 2 is 1.39 bits per heavy atom. The molecule has 0 aromatic carbocycles. The van der Waals surface area contributed by atoms with Gasteiger partial charge in [-0.05, 0) is 44.6 Å². The summed E-state index contributed by atoms with van der Waals surface area (Å²) < 4.78 is 5.79. The van der Waals surface area contributed by atoms with Crippen molar-refractivity contribution >= 4 is 23.8 Å². The molecule has 2 amide bonds. The molecule has 0 aliphatic carbocycles. The predicted octanol–water partition coefficient (Wildman–Crippen LogP) is 5.75. The number of unbranched alkanes of at least 4 members (excludes halogenated alkanes) is 11. The first-order valence-electron chi connectivity index (χ1n) is 15.7. The molecule has 0 radical (unpaired) electrons. The van der Waals surface area contributed by atoms with Crippen LogP contribution >= 0.6 is 0 Å². The van der Waals surface area contributed by atoms with Crippen molar-refractivity contribution in [3.63, 3.8) is 0 Å². The van der Waals surface area contributed by atoms with E-state index in [2.05, 4.69) is 42.7 Å². The summed E-state index contributed by atoms with van der Waals surface area (Å²) in [7, 11) is 0. The number of ether oxygens (including phenoxy) is 1. The number of rotatable bonds is 27. The van der Waals surface area contributed by atoms with Gasteiger partial charge in [0, 0.05) is 12.8 Å². The summed E-state index contributed by atoms with van der Waals surface area (Å²) in [5.41, 5.74) is 0. The predicted molar refractivity (Wildman–Crippen MR) is 162 cm³/mol. The summed E-state index contributed by atoms with van der Waals surface area (Å²) in [4.78, 5) is 47.0. The van der Waals surface area contributed by atoms with Crippen molar-refractivity contribution < 1.29 is 34.1 Å². The Balaban J connectivity index is 4.35. The zero-order valence-electron chi connectivity index (χ0n) is 25.5. The fourth-order valence-electron chi connectivity index (χ4n) is 4.18. The third-order valence-corrected chi connectivity index (χ3v) is 6.69. The summed E-state index contributed by atoms with van der Waals surface area (Å²) in [5.74, 6) is -2.44. The highest BCUT2D eigenvalue weighted by molar-refractivity contribution is 5.87. The number of esters is 1. The third-order valence-electron chi connectivity index (χ3n) is 6.69. The maximum atomic E-state index is 12.4. The summed E-state index contributed by atoms with van der Waals surface area (Å²) in [6.45, 7) is 3.32. The molecule has 0 saturated heterocycles. The number of aliphatic hydroxyl groups excluding tert-OH is 1. The molecule has 236 valence electrons. The van der Waals surface area contributed by atoms with E-state index in [1.165, 1.54) is 44.9 Å². The molecule has 2 unspecified atom stereocenters. The number of hydrogen-bond acceptors (Lipinski definition) is 6. The van der Waals surface area contributed by atoms with Crippen molar-refractivity contribution in [3.8, 4) is 0 Å². The van der Waals surface area contributed by atoms with E-state index in [-0.39, 0.29) is 30.9 Å². The van der Waals surface area contributed by atoms with Gasteiger partial charge in [-0.2, -0.15) is 0 Å². The number of nitrogens with one attached hydrogen (secondary N) is 2. The highest BCUT2D eigenvalue weighted by atomic mass is 16.5. The normalized spacial score (nSPS) is 12.9. The molecule has 2 atom stereocenters. The molecular weight excluding hydrogens is 524 g/mol. The van der Waals surface area contributed by atoms with Crippen LogP contribution in [0.4, 0.5) is 0 Å². The smallest absolute Gasteiger partial charge is 0.328 e. The van der Waals surface area contributed by atoms with E-state index < -0.39 is 24.5 Å². The van der Waals surface area contributed by atoms with Gasteiger partial charge in [0.1, 0.15) is 12.1 Å². The lowest BCUT2D eigenvalue weighted by Crippen LogP contribution is -2.47. The highest BCUT2D eigenvalue weighted by Gasteiger charge is 2.18. The van der Waals surface area contributed by atoms with E-state index in [0.29, 0.717) is 12.8 Å². The summed E-state index contributed by atoms with van der Waals surface area (Å²) in [6, 6.07) is -1.39. The molecule has 0 aromatic rings. The minimum atomic E-state index is -1.39. The zero-order chi connectivity index (χ0) is 30.6. The number of allylic oxidation sites excluding steroid dienone is 3. The maximum Gasteiger partial charge on any atom is 0.328 e. The second-order valence-electron chi connectivity index (χ2n) is 10.5. The van der Waals surface area contributed by atoms with E-state index in [1.807, 2.05) is 6.08 Å². The first kappa shape index (κ1) is 38.3. The lowest BCUT2D eigenvalue weighted by Gasteiger charge is -2.15. The molecule has 0 aliphatic heterocycles. The molecule has 41 heavy (non-hydrogen) atoms. The molecule has 0 heterocycles. The van der Waals surface area contributed by atoms with Crippen LogP contribution in [0.2, 0.25) is 0 Å². The SMILES string of the molecule is CCCC/C=C\C/C=C\C(CCCCCCC(=O)NCC(=O)NC(CO)C(=O)O)OC(=O)CCCCCCCCC. The number of aliphatic hydroxyl groups is 1. The summed E-state index contributed by atoms with van der Waals surface area (Å²) in [5, 5.41) is 22.4. The number of carbonyl (C=O) groups excluding carboxylic acids is 3. The van der Waals surface area contributed by atoms with Crippen molar-refractivity contribution in [1.82, 2.24) is 10.6 Å². The first-order chi connectivity index (χ1) is 19.8. The van der Waals surface area contributed by atoms with Gasteiger partial charge in [0.05, 0.1) is 13.2 Å². The van der Waals surface area contributed by atoms with Gasteiger partial charge >= 0.3 is 11.9 Å². The van der Waals surface area contributed by atoms with Crippen LogP contribution in [-0.4, -0.2) is 59.3 Å². The van der Waals surface area contributed by atoms with Gasteiger partial charge in [0.25, 0.3) is 0 Å². The minimum Gasteiger partial charge on any atom is -0.480 e. The Morgan fingerprint density at radius 1 is 0.756 bits per heavy atom. The van der Waals surface area contributed by atoms with Gasteiger partial charge < -0.3 is 25.6 Å². The average Bonchev–Trinajstić information content (AvgIpc) is 2.95. The van der Waals surface area contributed by atoms with Crippen LogP contribution in [0, 0.1) is 0 Å². The number of aliphatic carboxylic acids is 1. The van der Waals surface area contributed by atoms with Gasteiger partial charge in [-0.25, -0.2) is 4.79 Å². The maximum absolute atomic E-state index is 12.4. The fraction of sp³-hybridized carbons (Fsp3) is 0.750. The Morgan fingerprint density at radius 3 is 2.05 bits per heavy atom. The fourth-order valence-corrected chi connectivity index (χ4v) is 4.18. The van der Waals surface area contributed by atoms with Crippen LogP contribution in [0.25, 0.3) is 0 Å². The molecule has 0 fully saturated rings. The van der Waals surface area contributed by atoms with Crippen molar-refractivity contribution in [2.75, 3.05) is 13.2 Å². The van der Waals surface area contributed by atoms with Gasteiger partial charge in [-0.3, -0.25) is 14.4 Å². The largest absolute Gasteiger partial charge is 0.480 e. The first-order valence-corrected chi connectivity index (χ1v) is 15.7. The number of amides is 2. The molecule has 9 heteroatoms. The second-order valence-corrected chi connectivity index (χ2v) is 10.5. The molecule has 0 spiro atoms.